The smallest absolute Gasteiger partial charge is 0.191 e. The standard InChI is InChI=1S/C22H28ClN5O.HI/c1-2-24-22(26-14-16-10-13-29-20-8-4-3-6-18(16)20)27-17-9-12-28(15-17)21-19(23)7-5-11-25-21;/h3-8,11,16-17H,2,9-10,12-15H2,1H3,(H2,24,26,27);1H. The van der Waals surface area contributed by atoms with Gasteiger partial charge in [-0.25, -0.2) is 4.98 Å². The van der Waals surface area contributed by atoms with Crippen molar-refractivity contribution in [2.75, 3.05) is 37.7 Å². The summed E-state index contributed by atoms with van der Waals surface area (Å²) >= 11 is 6.31. The molecular weight excluding hydrogens is 513 g/mol. The van der Waals surface area contributed by atoms with E-state index < -0.39 is 0 Å². The second kappa shape index (κ2) is 11.0. The van der Waals surface area contributed by atoms with Gasteiger partial charge >= 0.3 is 0 Å². The fourth-order valence-electron chi connectivity index (χ4n) is 4.00. The highest BCUT2D eigenvalue weighted by Gasteiger charge is 2.26. The number of benzene rings is 1. The molecule has 162 valence electrons. The molecule has 1 fully saturated rings. The number of nitrogens with zero attached hydrogens (tertiary/aromatic N) is 3. The number of aliphatic imine (C=N–C) groups is 1. The molecule has 0 saturated carbocycles. The molecule has 0 spiro atoms. The van der Waals surface area contributed by atoms with Gasteiger partial charge in [0.1, 0.15) is 11.6 Å². The monoisotopic (exact) mass is 541 g/mol. The van der Waals surface area contributed by atoms with Gasteiger partial charge in [-0.1, -0.05) is 29.8 Å². The van der Waals surface area contributed by atoms with Crippen LogP contribution in [0.5, 0.6) is 5.75 Å². The van der Waals surface area contributed by atoms with E-state index in [-0.39, 0.29) is 24.0 Å². The van der Waals surface area contributed by atoms with Crippen LogP contribution < -0.4 is 20.3 Å². The second-order valence-corrected chi connectivity index (χ2v) is 7.88. The summed E-state index contributed by atoms with van der Waals surface area (Å²) in [6.45, 7) is 6.22. The number of para-hydroxylation sites is 1. The van der Waals surface area contributed by atoms with E-state index in [0.29, 0.717) is 17.0 Å². The second-order valence-electron chi connectivity index (χ2n) is 7.48. The zero-order valence-electron chi connectivity index (χ0n) is 17.2. The van der Waals surface area contributed by atoms with Gasteiger partial charge < -0.3 is 20.3 Å². The predicted octanol–water partition coefficient (Wildman–Crippen LogP) is 4.05. The zero-order valence-corrected chi connectivity index (χ0v) is 20.3. The maximum absolute atomic E-state index is 6.31. The number of halogens is 2. The predicted molar refractivity (Wildman–Crippen MR) is 134 cm³/mol. The molecule has 0 bridgehead atoms. The quantitative estimate of drug-likeness (QED) is 0.340. The van der Waals surface area contributed by atoms with Gasteiger partial charge in [-0.15, -0.1) is 24.0 Å². The van der Waals surface area contributed by atoms with Crippen LogP contribution in [0.15, 0.2) is 47.6 Å². The van der Waals surface area contributed by atoms with E-state index >= 15 is 0 Å². The van der Waals surface area contributed by atoms with Crippen molar-refractivity contribution in [3.8, 4) is 5.75 Å². The zero-order chi connectivity index (χ0) is 20.1. The number of ether oxygens (including phenoxy) is 1. The molecule has 0 aliphatic carbocycles. The number of hydrogen-bond acceptors (Lipinski definition) is 4. The number of guanidine groups is 1. The van der Waals surface area contributed by atoms with E-state index in [0.717, 1.165) is 63.2 Å². The summed E-state index contributed by atoms with van der Waals surface area (Å²) in [5.41, 5.74) is 1.26. The Kier molecular flexibility index (Phi) is 8.44. The highest BCUT2D eigenvalue weighted by Crippen LogP contribution is 2.33. The summed E-state index contributed by atoms with van der Waals surface area (Å²) in [5, 5.41) is 7.68. The Morgan fingerprint density at radius 3 is 2.97 bits per heavy atom. The van der Waals surface area contributed by atoms with Crippen molar-refractivity contribution >= 4 is 47.4 Å². The number of anilines is 1. The summed E-state index contributed by atoms with van der Waals surface area (Å²) in [4.78, 5) is 11.6. The van der Waals surface area contributed by atoms with Gasteiger partial charge in [-0.2, -0.15) is 0 Å². The number of aromatic nitrogens is 1. The molecule has 2 aliphatic rings. The van der Waals surface area contributed by atoms with Crippen molar-refractivity contribution in [1.29, 1.82) is 0 Å². The third-order valence-electron chi connectivity index (χ3n) is 5.46. The minimum absolute atomic E-state index is 0. The summed E-state index contributed by atoms with van der Waals surface area (Å²) in [6.07, 6.45) is 3.81. The first-order chi connectivity index (χ1) is 14.2. The van der Waals surface area contributed by atoms with Crippen LogP contribution in [0, 0.1) is 0 Å². The Bertz CT molecular complexity index is 865. The van der Waals surface area contributed by atoms with Crippen LogP contribution >= 0.6 is 35.6 Å². The number of hydrogen-bond donors (Lipinski definition) is 2. The summed E-state index contributed by atoms with van der Waals surface area (Å²) in [6, 6.07) is 12.4. The van der Waals surface area contributed by atoms with Crippen molar-refractivity contribution in [3.05, 3.63) is 53.2 Å². The minimum atomic E-state index is 0. The first kappa shape index (κ1) is 22.9. The Labute approximate surface area is 200 Å². The van der Waals surface area contributed by atoms with Crippen molar-refractivity contribution in [3.63, 3.8) is 0 Å². The molecule has 2 aliphatic heterocycles. The van der Waals surface area contributed by atoms with Crippen LogP contribution in [0.3, 0.4) is 0 Å². The first-order valence-corrected chi connectivity index (χ1v) is 10.7. The molecule has 1 aromatic heterocycles. The lowest BCUT2D eigenvalue weighted by molar-refractivity contribution is 0.269. The SMILES string of the molecule is CCNC(=NCC1CCOc2ccccc21)NC1CCN(c2ncccc2Cl)C1.I. The Morgan fingerprint density at radius 2 is 2.13 bits per heavy atom. The fraction of sp³-hybridized carbons (Fsp3) is 0.455. The molecule has 30 heavy (non-hydrogen) atoms. The Hall–Kier alpha value is -1.74. The summed E-state index contributed by atoms with van der Waals surface area (Å²) < 4.78 is 5.78. The lowest BCUT2D eigenvalue weighted by Gasteiger charge is -2.25. The van der Waals surface area contributed by atoms with Crippen molar-refractivity contribution in [2.45, 2.75) is 31.7 Å². The largest absolute Gasteiger partial charge is 0.493 e. The van der Waals surface area contributed by atoms with Gasteiger partial charge in [-0.3, -0.25) is 4.99 Å². The fourth-order valence-corrected chi connectivity index (χ4v) is 4.24. The van der Waals surface area contributed by atoms with Gasteiger partial charge in [0, 0.05) is 44.3 Å². The number of rotatable bonds is 5. The molecule has 3 heterocycles. The summed E-state index contributed by atoms with van der Waals surface area (Å²) in [5.74, 6) is 3.12. The van der Waals surface area contributed by atoms with Gasteiger partial charge in [0.05, 0.1) is 11.6 Å². The minimum Gasteiger partial charge on any atom is -0.493 e. The van der Waals surface area contributed by atoms with Crippen molar-refractivity contribution in [2.24, 2.45) is 4.99 Å². The molecule has 1 aromatic carbocycles. The van der Waals surface area contributed by atoms with Crippen molar-refractivity contribution < 1.29 is 4.74 Å². The lowest BCUT2D eigenvalue weighted by atomic mass is 9.93. The average Bonchev–Trinajstić information content (AvgIpc) is 3.20. The topological polar surface area (TPSA) is 61.8 Å². The van der Waals surface area contributed by atoms with Crippen LogP contribution in [-0.2, 0) is 0 Å². The van der Waals surface area contributed by atoms with E-state index in [9.17, 15) is 0 Å². The number of fused-ring (bicyclic) bond motifs is 1. The Balaban J connectivity index is 0.00000256. The Morgan fingerprint density at radius 1 is 1.27 bits per heavy atom. The molecule has 0 radical (unpaired) electrons. The maximum Gasteiger partial charge on any atom is 0.191 e. The number of nitrogens with one attached hydrogen (secondary N) is 2. The normalized spacial score (nSPS) is 20.7. The molecule has 1 saturated heterocycles. The lowest BCUT2D eigenvalue weighted by Crippen LogP contribution is -2.45. The molecule has 2 N–H and O–H groups in total. The van der Waals surface area contributed by atoms with E-state index in [2.05, 4.69) is 39.6 Å². The highest BCUT2D eigenvalue weighted by atomic mass is 127. The molecule has 2 unspecified atom stereocenters. The average molecular weight is 542 g/mol. The van der Waals surface area contributed by atoms with E-state index in [1.54, 1.807) is 6.20 Å². The molecule has 6 nitrogen and oxygen atoms in total. The molecule has 2 atom stereocenters. The van der Waals surface area contributed by atoms with E-state index in [1.165, 1.54) is 5.56 Å². The van der Waals surface area contributed by atoms with E-state index in [1.807, 2.05) is 24.3 Å². The third-order valence-corrected chi connectivity index (χ3v) is 5.76. The van der Waals surface area contributed by atoms with Gasteiger partial charge in [0.2, 0.25) is 0 Å². The van der Waals surface area contributed by atoms with Gasteiger partial charge in [0.15, 0.2) is 5.96 Å². The summed E-state index contributed by atoms with van der Waals surface area (Å²) in [7, 11) is 0. The first-order valence-electron chi connectivity index (χ1n) is 10.4. The van der Waals surface area contributed by atoms with Crippen molar-refractivity contribution in [1.82, 2.24) is 15.6 Å². The molecule has 4 rings (SSSR count). The van der Waals surface area contributed by atoms with Crippen LogP contribution in [0.2, 0.25) is 5.02 Å². The maximum atomic E-state index is 6.31. The number of pyridine rings is 1. The van der Waals surface area contributed by atoms with Crippen LogP contribution in [-0.4, -0.2) is 49.8 Å². The molecule has 0 amide bonds. The van der Waals surface area contributed by atoms with Crippen LogP contribution in [0.1, 0.15) is 31.2 Å². The molecule has 8 heteroatoms. The van der Waals surface area contributed by atoms with E-state index in [4.69, 9.17) is 21.3 Å². The van der Waals surface area contributed by atoms with Gasteiger partial charge in [0.25, 0.3) is 0 Å². The van der Waals surface area contributed by atoms with Crippen LogP contribution in [0.4, 0.5) is 5.82 Å². The third kappa shape index (κ3) is 5.49. The highest BCUT2D eigenvalue weighted by molar-refractivity contribution is 14.0. The molecular formula is C22H29ClIN5O. The van der Waals surface area contributed by atoms with Crippen LogP contribution in [0.25, 0.3) is 0 Å². The van der Waals surface area contributed by atoms with Gasteiger partial charge in [-0.05, 0) is 43.5 Å². The molecule has 2 aromatic rings.